The molecule has 0 aliphatic carbocycles. The zero-order valence-corrected chi connectivity index (χ0v) is 25.0. The van der Waals surface area contributed by atoms with Gasteiger partial charge in [0.15, 0.2) is 8.32 Å². The van der Waals surface area contributed by atoms with E-state index < -0.39 is 8.32 Å². The van der Waals surface area contributed by atoms with Gasteiger partial charge in [-0.2, -0.15) is 0 Å². The monoisotopic (exact) mass is 512 g/mol. The fraction of sp³-hybridized carbons (Fsp3) is 0.581. The third kappa shape index (κ3) is 9.49. The molecule has 0 radical (unpaired) electrons. The lowest BCUT2D eigenvalue weighted by atomic mass is 9.81. The average molecular weight is 513 g/mol. The molecule has 0 unspecified atom stereocenters. The Balaban J connectivity index is 2.50. The Morgan fingerprint density at radius 1 is 0.889 bits per heavy atom. The van der Waals surface area contributed by atoms with E-state index in [1.807, 2.05) is 43.3 Å². The number of carbonyl (C=O) groups is 1. The highest BCUT2D eigenvalue weighted by molar-refractivity contribution is 6.74. The number of ether oxygens (including phenoxy) is 2. The molecular formula is C31H48O4Si. The molecule has 0 spiro atoms. The van der Waals surface area contributed by atoms with E-state index in [-0.39, 0.29) is 34.5 Å². The van der Waals surface area contributed by atoms with Gasteiger partial charge in [-0.3, -0.25) is 4.79 Å². The summed E-state index contributed by atoms with van der Waals surface area (Å²) in [6.45, 7) is 20.5. The van der Waals surface area contributed by atoms with Crippen LogP contribution < -0.4 is 0 Å². The largest absolute Gasteiger partial charge is 0.466 e. The second kappa shape index (κ2) is 13.0. The van der Waals surface area contributed by atoms with Gasteiger partial charge in [-0.05, 0) is 54.4 Å². The van der Waals surface area contributed by atoms with Crippen molar-refractivity contribution < 1.29 is 18.7 Å². The third-order valence-electron chi connectivity index (χ3n) is 7.00. The second-order valence-electron chi connectivity index (χ2n) is 12.5. The molecule has 0 aliphatic heterocycles. The molecule has 3 atom stereocenters. The van der Waals surface area contributed by atoms with E-state index in [1.54, 1.807) is 0 Å². The van der Waals surface area contributed by atoms with Crippen LogP contribution in [0.3, 0.4) is 0 Å². The van der Waals surface area contributed by atoms with Crippen LogP contribution in [0.15, 0.2) is 60.7 Å². The van der Waals surface area contributed by atoms with Gasteiger partial charge >= 0.3 is 5.97 Å². The average Bonchev–Trinajstić information content (AvgIpc) is 2.79. The van der Waals surface area contributed by atoms with Crippen LogP contribution in [-0.4, -0.2) is 27.0 Å². The zero-order chi connectivity index (χ0) is 27.0. The Bertz CT molecular complexity index is 913. The molecule has 0 heterocycles. The van der Waals surface area contributed by atoms with Crippen LogP contribution in [-0.2, 0) is 25.3 Å². The van der Waals surface area contributed by atoms with Crippen molar-refractivity contribution in [1.29, 1.82) is 0 Å². The lowest BCUT2D eigenvalue weighted by molar-refractivity contribution is -0.152. The minimum Gasteiger partial charge on any atom is -0.466 e. The molecule has 0 aromatic heterocycles. The van der Waals surface area contributed by atoms with Crippen molar-refractivity contribution in [1.82, 2.24) is 0 Å². The van der Waals surface area contributed by atoms with E-state index in [1.165, 1.54) is 0 Å². The molecule has 0 saturated heterocycles. The van der Waals surface area contributed by atoms with Gasteiger partial charge in [-0.15, -0.1) is 0 Å². The summed E-state index contributed by atoms with van der Waals surface area (Å²) >= 11 is 0. The Morgan fingerprint density at radius 3 is 1.94 bits per heavy atom. The van der Waals surface area contributed by atoms with Crippen molar-refractivity contribution in [3.05, 3.63) is 71.8 Å². The van der Waals surface area contributed by atoms with Crippen molar-refractivity contribution in [3.8, 4) is 0 Å². The summed E-state index contributed by atoms with van der Waals surface area (Å²) in [5.74, 6) is -0.431. The van der Waals surface area contributed by atoms with E-state index >= 15 is 0 Å². The fourth-order valence-electron chi connectivity index (χ4n) is 4.09. The lowest BCUT2D eigenvalue weighted by Gasteiger charge is -2.42. The fourth-order valence-corrected chi connectivity index (χ4v) is 5.37. The summed E-state index contributed by atoms with van der Waals surface area (Å²) in [5.41, 5.74) is 2.16. The highest BCUT2D eigenvalue weighted by atomic mass is 28.4. The summed E-state index contributed by atoms with van der Waals surface area (Å²) in [7, 11) is -2.16. The Kier molecular flexibility index (Phi) is 11.0. The minimum absolute atomic E-state index is 0.0239. The van der Waals surface area contributed by atoms with Crippen molar-refractivity contribution in [2.24, 2.45) is 11.3 Å². The first kappa shape index (κ1) is 30.3. The molecule has 200 valence electrons. The maximum atomic E-state index is 13.1. The van der Waals surface area contributed by atoms with Gasteiger partial charge in [0.05, 0.1) is 31.3 Å². The van der Waals surface area contributed by atoms with E-state index in [0.29, 0.717) is 19.6 Å². The summed E-state index contributed by atoms with van der Waals surface area (Å²) < 4.78 is 19.3. The van der Waals surface area contributed by atoms with Crippen LogP contribution in [0.5, 0.6) is 0 Å². The second-order valence-corrected chi connectivity index (χ2v) is 17.3. The van der Waals surface area contributed by atoms with Crippen molar-refractivity contribution >= 4 is 14.3 Å². The first-order chi connectivity index (χ1) is 16.7. The van der Waals surface area contributed by atoms with Gasteiger partial charge in [0, 0.05) is 0 Å². The predicted molar refractivity (Wildman–Crippen MR) is 151 cm³/mol. The maximum Gasteiger partial charge on any atom is 0.309 e. The van der Waals surface area contributed by atoms with Crippen molar-refractivity contribution in [3.63, 3.8) is 0 Å². The molecule has 2 aromatic carbocycles. The quantitative estimate of drug-likeness (QED) is 0.212. The van der Waals surface area contributed by atoms with E-state index in [4.69, 9.17) is 13.9 Å². The molecule has 0 bridgehead atoms. The predicted octanol–water partition coefficient (Wildman–Crippen LogP) is 8.34. The zero-order valence-electron chi connectivity index (χ0n) is 24.0. The third-order valence-corrected chi connectivity index (χ3v) is 11.5. The summed E-state index contributed by atoms with van der Waals surface area (Å²) in [6.07, 6.45) is 0.668. The molecule has 2 rings (SSSR count). The summed E-state index contributed by atoms with van der Waals surface area (Å²) in [4.78, 5) is 13.1. The number of hydrogen-bond acceptors (Lipinski definition) is 4. The van der Waals surface area contributed by atoms with Crippen molar-refractivity contribution in [2.45, 2.75) is 98.3 Å². The molecular weight excluding hydrogens is 464 g/mol. The number of benzene rings is 2. The van der Waals surface area contributed by atoms with Crippen molar-refractivity contribution in [2.75, 3.05) is 6.61 Å². The molecule has 5 heteroatoms. The number of carbonyl (C=O) groups excluding carboxylic acids is 1. The Morgan fingerprint density at radius 2 is 1.44 bits per heavy atom. The van der Waals surface area contributed by atoms with Crippen LogP contribution in [0.2, 0.25) is 18.1 Å². The van der Waals surface area contributed by atoms with Crippen LogP contribution in [0.1, 0.15) is 78.5 Å². The highest BCUT2D eigenvalue weighted by Gasteiger charge is 2.42. The molecule has 0 amide bonds. The van der Waals surface area contributed by atoms with Gasteiger partial charge in [0.2, 0.25) is 0 Å². The molecule has 0 N–H and O–H groups in total. The molecule has 4 nitrogen and oxygen atoms in total. The smallest absolute Gasteiger partial charge is 0.309 e. The molecule has 0 aliphatic rings. The van der Waals surface area contributed by atoms with Gasteiger partial charge in [-0.25, -0.2) is 0 Å². The number of hydrogen-bond donors (Lipinski definition) is 0. The molecule has 2 aromatic rings. The SMILES string of the molecule is CCOC(=O)[C@@H](C[C@H](OCc1ccccc1)[C@@H](O[Si](C)(C)C(C)(C)C)c1ccccc1)CC(C)(C)C. The summed E-state index contributed by atoms with van der Waals surface area (Å²) in [5, 5.41) is 0.0377. The maximum absolute atomic E-state index is 13.1. The van der Waals surface area contributed by atoms with Gasteiger partial charge in [0.1, 0.15) is 0 Å². The Hall–Kier alpha value is -1.95. The van der Waals surface area contributed by atoms with E-state index in [2.05, 4.69) is 78.9 Å². The van der Waals surface area contributed by atoms with Gasteiger partial charge in [-0.1, -0.05) is 102 Å². The lowest BCUT2D eigenvalue weighted by Crippen LogP contribution is -2.45. The summed E-state index contributed by atoms with van der Waals surface area (Å²) in [6, 6.07) is 20.5. The van der Waals surface area contributed by atoms with Crippen LogP contribution in [0.25, 0.3) is 0 Å². The van der Waals surface area contributed by atoms with E-state index in [9.17, 15) is 4.79 Å². The van der Waals surface area contributed by atoms with Crippen LogP contribution in [0, 0.1) is 11.3 Å². The molecule has 36 heavy (non-hydrogen) atoms. The highest BCUT2D eigenvalue weighted by Crippen LogP contribution is 2.42. The topological polar surface area (TPSA) is 44.8 Å². The first-order valence-electron chi connectivity index (χ1n) is 13.3. The van der Waals surface area contributed by atoms with Crippen LogP contribution in [0.4, 0.5) is 0 Å². The number of rotatable bonds is 12. The molecule has 0 fully saturated rings. The normalized spacial score (nSPS) is 15.2. The standard InChI is InChI=1S/C31H48O4Si/c1-10-33-29(32)26(22-30(2,3)4)21-27(34-23-24-17-13-11-14-18-24)28(25-19-15-12-16-20-25)35-36(8,9)31(5,6)7/h11-20,26-28H,10,21-23H2,1-9H3/t26-,27-,28-/m0/s1. The first-order valence-corrected chi connectivity index (χ1v) is 16.2. The number of esters is 1. The van der Waals surface area contributed by atoms with Gasteiger partial charge < -0.3 is 13.9 Å². The molecule has 0 saturated carbocycles. The minimum atomic E-state index is -2.16. The Labute approximate surface area is 220 Å². The van der Waals surface area contributed by atoms with E-state index in [0.717, 1.165) is 17.5 Å². The van der Waals surface area contributed by atoms with Gasteiger partial charge in [0.25, 0.3) is 0 Å². The van der Waals surface area contributed by atoms with Crippen LogP contribution >= 0.6 is 0 Å².